The number of ether oxygens (including phenoxy) is 1. The SMILES string of the molecule is CCOC(=O)[C@]1(N)[C@H](c2cccc(F)c2)[C@H]1S(=O)(=O)c1ccc(C)cc1. The lowest BCUT2D eigenvalue weighted by molar-refractivity contribution is -0.145. The molecule has 2 aromatic rings. The highest BCUT2D eigenvalue weighted by atomic mass is 32.2. The fourth-order valence-corrected chi connectivity index (χ4v) is 5.56. The molecule has 0 aliphatic heterocycles. The number of carbonyl (C=O) groups excluding carboxylic acids is 1. The van der Waals surface area contributed by atoms with Crippen molar-refractivity contribution in [2.45, 2.75) is 35.4 Å². The molecule has 0 heterocycles. The van der Waals surface area contributed by atoms with Gasteiger partial charge in [-0.15, -0.1) is 0 Å². The monoisotopic (exact) mass is 377 g/mol. The maximum Gasteiger partial charge on any atom is 0.328 e. The van der Waals surface area contributed by atoms with Gasteiger partial charge in [-0.1, -0.05) is 29.8 Å². The smallest absolute Gasteiger partial charge is 0.328 e. The van der Waals surface area contributed by atoms with Crippen LogP contribution < -0.4 is 5.73 Å². The van der Waals surface area contributed by atoms with E-state index >= 15 is 0 Å². The van der Waals surface area contributed by atoms with Crippen LogP contribution in [0, 0.1) is 12.7 Å². The summed E-state index contributed by atoms with van der Waals surface area (Å²) in [4.78, 5) is 12.5. The van der Waals surface area contributed by atoms with Gasteiger partial charge in [-0.25, -0.2) is 17.6 Å². The molecule has 5 nitrogen and oxygen atoms in total. The van der Waals surface area contributed by atoms with Crippen molar-refractivity contribution < 1.29 is 22.3 Å². The van der Waals surface area contributed by atoms with E-state index in [-0.39, 0.29) is 11.5 Å². The Labute approximate surface area is 151 Å². The summed E-state index contributed by atoms with van der Waals surface area (Å²) in [5, 5.41) is -1.21. The van der Waals surface area contributed by atoms with Crippen LogP contribution in [0.25, 0.3) is 0 Å². The number of carbonyl (C=O) groups is 1. The molecule has 0 aromatic heterocycles. The third-order valence-electron chi connectivity index (χ3n) is 4.70. The topological polar surface area (TPSA) is 86.5 Å². The number of sulfone groups is 1. The highest BCUT2D eigenvalue weighted by Gasteiger charge is 2.74. The van der Waals surface area contributed by atoms with Gasteiger partial charge in [-0.2, -0.15) is 0 Å². The Morgan fingerprint density at radius 1 is 1.23 bits per heavy atom. The quantitative estimate of drug-likeness (QED) is 0.808. The fraction of sp³-hybridized carbons (Fsp3) is 0.316. The Kier molecular flexibility index (Phi) is 4.62. The minimum atomic E-state index is -3.91. The first-order valence-electron chi connectivity index (χ1n) is 8.25. The number of rotatable bonds is 5. The summed E-state index contributed by atoms with van der Waals surface area (Å²) < 4.78 is 44.9. The molecule has 3 atom stereocenters. The molecule has 138 valence electrons. The van der Waals surface area contributed by atoms with Gasteiger partial charge in [-0.05, 0) is 43.7 Å². The molecule has 1 saturated carbocycles. The number of esters is 1. The highest BCUT2D eigenvalue weighted by Crippen LogP contribution is 2.56. The maximum atomic E-state index is 13.6. The Bertz CT molecular complexity index is 942. The van der Waals surface area contributed by atoms with Crippen LogP contribution in [0.4, 0.5) is 4.39 Å². The van der Waals surface area contributed by atoms with Gasteiger partial charge in [0.05, 0.1) is 11.5 Å². The van der Waals surface area contributed by atoms with Gasteiger partial charge in [0, 0.05) is 5.92 Å². The second kappa shape index (κ2) is 6.48. The molecule has 0 bridgehead atoms. The first-order chi connectivity index (χ1) is 12.2. The number of benzene rings is 2. The number of hydrogen-bond acceptors (Lipinski definition) is 5. The van der Waals surface area contributed by atoms with E-state index in [9.17, 15) is 17.6 Å². The Hall–Kier alpha value is -2.25. The van der Waals surface area contributed by atoms with Crippen molar-refractivity contribution in [2.75, 3.05) is 6.61 Å². The minimum Gasteiger partial charge on any atom is -0.465 e. The standard InChI is InChI=1S/C19H20FNO4S/c1-3-25-18(22)19(21)16(13-5-4-6-14(20)11-13)17(19)26(23,24)15-9-7-12(2)8-10-15/h4-11,16-17H,3,21H2,1-2H3/t16-,17-,19+/m1/s1. The van der Waals surface area contributed by atoms with Crippen LogP contribution in [0.3, 0.4) is 0 Å². The summed E-state index contributed by atoms with van der Waals surface area (Å²) in [6.07, 6.45) is 0. The third-order valence-corrected chi connectivity index (χ3v) is 6.96. The van der Waals surface area contributed by atoms with Gasteiger partial charge in [0.25, 0.3) is 0 Å². The number of aryl methyl sites for hydroxylation is 1. The van der Waals surface area contributed by atoms with Crippen molar-refractivity contribution in [3.63, 3.8) is 0 Å². The number of halogens is 1. The summed E-state index contributed by atoms with van der Waals surface area (Å²) in [6.45, 7) is 3.53. The van der Waals surface area contributed by atoms with Gasteiger partial charge in [-0.3, -0.25) is 0 Å². The molecule has 2 N–H and O–H groups in total. The molecule has 0 saturated heterocycles. The molecule has 3 rings (SSSR count). The third kappa shape index (κ3) is 2.91. The number of hydrogen-bond donors (Lipinski definition) is 1. The summed E-state index contributed by atoms with van der Waals surface area (Å²) >= 11 is 0. The van der Waals surface area contributed by atoms with Crippen LogP contribution in [-0.4, -0.2) is 31.8 Å². The normalized spacial score (nSPS) is 24.9. The van der Waals surface area contributed by atoms with E-state index in [0.717, 1.165) is 5.56 Å². The highest BCUT2D eigenvalue weighted by molar-refractivity contribution is 7.92. The van der Waals surface area contributed by atoms with Crippen molar-refractivity contribution in [1.82, 2.24) is 0 Å². The first-order valence-corrected chi connectivity index (χ1v) is 9.79. The van der Waals surface area contributed by atoms with Crippen molar-refractivity contribution >= 4 is 15.8 Å². The van der Waals surface area contributed by atoms with Crippen LogP contribution in [0.2, 0.25) is 0 Å². The summed E-state index contributed by atoms with van der Waals surface area (Å²) in [6, 6.07) is 11.8. The zero-order valence-electron chi connectivity index (χ0n) is 14.5. The molecule has 0 radical (unpaired) electrons. The zero-order chi connectivity index (χ0) is 19.1. The summed E-state index contributed by atoms with van der Waals surface area (Å²) in [5.41, 5.74) is 5.75. The summed E-state index contributed by atoms with van der Waals surface area (Å²) in [7, 11) is -3.91. The average Bonchev–Trinajstić information content (AvgIpc) is 3.24. The van der Waals surface area contributed by atoms with E-state index in [0.29, 0.717) is 5.56 Å². The predicted octanol–water partition coefficient (Wildman–Crippen LogP) is 2.33. The number of nitrogens with two attached hydrogens (primary N) is 1. The molecule has 0 spiro atoms. The van der Waals surface area contributed by atoms with Crippen LogP contribution in [0.15, 0.2) is 53.4 Å². The second-order valence-corrected chi connectivity index (χ2v) is 8.53. The molecule has 7 heteroatoms. The Morgan fingerprint density at radius 3 is 2.46 bits per heavy atom. The van der Waals surface area contributed by atoms with Crippen LogP contribution in [0.1, 0.15) is 24.0 Å². The molecular formula is C19H20FNO4S. The van der Waals surface area contributed by atoms with Gasteiger partial charge in [0.2, 0.25) is 0 Å². The molecule has 0 unspecified atom stereocenters. The summed E-state index contributed by atoms with van der Waals surface area (Å²) in [5.74, 6) is -2.19. The van der Waals surface area contributed by atoms with Gasteiger partial charge in [0.15, 0.2) is 9.84 Å². The zero-order valence-corrected chi connectivity index (χ0v) is 15.3. The lowest BCUT2D eigenvalue weighted by Crippen LogP contribution is -2.41. The molecular weight excluding hydrogens is 357 g/mol. The van der Waals surface area contributed by atoms with Gasteiger partial charge in [0.1, 0.15) is 16.6 Å². The first kappa shape index (κ1) is 18.5. The Balaban J connectivity index is 2.07. The van der Waals surface area contributed by atoms with Crippen LogP contribution in [0.5, 0.6) is 0 Å². The van der Waals surface area contributed by atoms with E-state index in [2.05, 4.69) is 0 Å². The molecule has 1 aliphatic carbocycles. The molecule has 1 fully saturated rings. The van der Waals surface area contributed by atoms with E-state index in [1.807, 2.05) is 6.92 Å². The van der Waals surface area contributed by atoms with E-state index < -0.39 is 38.3 Å². The molecule has 0 amide bonds. The van der Waals surface area contributed by atoms with Crippen LogP contribution in [-0.2, 0) is 19.4 Å². The van der Waals surface area contributed by atoms with Gasteiger partial charge >= 0.3 is 5.97 Å². The van der Waals surface area contributed by atoms with Gasteiger partial charge < -0.3 is 10.5 Å². The Morgan fingerprint density at radius 2 is 1.88 bits per heavy atom. The van der Waals surface area contributed by atoms with Crippen molar-refractivity contribution in [3.05, 3.63) is 65.5 Å². The second-order valence-electron chi connectivity index (χ2n) is 6.46. The molecule has 2 aromatic carbocycles. The van der Waals surface area contributed by atoms with E-state index in [4.69, 9.17) is 10.5 Å². The van der Waals surface area contributed by atoms with E-state index in [1.54, 1.807) is 25.1 Å². The maximum absolute atomic E-state index is 13.6. The lowest BCUT2D eigenvalue weighted by Gasteiger charge is -2.11. The minimum absolute atomic E-state index is 0.0744. The van der Waals surface area contributed by atoms with Crippen molar-refractivity contribution in [1.29, 1.82) is 0 Å². The molecule has 1 aliphatic rings. The van der Waals surface area contributed by atoms with Crippen molar-refractivity contribution in [2.24, 2.45) is 5.73 Å². The largest absolute Gasteiger partial charge is 0.465 e. The van der Waals surface area contributed by atoms with E-state index in [1.165, 1.54) is 30.3 Å². The predicted molar refractivity (Wildman–Crippen MR) is 94.8 cm³/mol. The molecule has 26 heavy (non-hydrogen) atoms. The van der Waals surface area contributed by atoms with Crippen molar-refractivity contribution in [3.8, 4) is 0 Å². The van der Waals surface area contributed by atoms with Crippen LogP contribution >= 0.6 is 0 Å². The lowest BCUT2D eigenvalue weighted by atomic mass is 10.1. The average molecular weight is 377 g/mol. The fourth-order valence-electron chi connectivity index (χ4n) is 3.33.